The van der Waals surface area contributed by atoms with Crippen LogP contribution in [-0.2, 0) is 16.9 Å². The average Bonchev–Trinajstić information content (AvgIpc) is 3.32. The molecule has 3 amide bonds. The van der Waals surface area contributed by atoms with Gasteiger partial charge < -0.3 is 24.3 Å². The molecule has 3 aromatic rings. The van der Waals surface area contributed by atoms with Gasteiger partial charge >= 0.3 is 6.03 Å². The smallest absolute Gasteiger partial charge is 0.325 e. The zero-order valence-electron chi connectivity index (χ0n) is 19.6. The molecule has 2 aliphatic rings. The van der Waals surface area contributed by atoms with E-state index in [2.05, 4.69) is 10.3 Å². The molecule has 3 heterocycles. The Labute approximate surface area is 206 Å². The number of thiazole rings is 1. The molecule has 1 atom stereocenters. The lowest BCUT2D eigenvalue weighted by molar-refractivity contribution is -0.131. The lowest BCUT2D eigenvalue weighted by Gasteiger charge is -2.23. The fourth-order valence-electron chi connectivity index (χ4n) is 4.15. The minimum absolute atomic E-state index is 0.0641. The van der Waals surface area contributed by atoms with Crippen LogP contribution in [0.2, 0.25) is 0 Å². The van der Waals surface area contributed by atoms with E-state index in [1.165, 1.54) is 16.2 Å². The number of carbonyl (C=O) groups is 2. The number of nitrogens with zero attached hydrogens (tertiary/aromatic N) is 2. The van der Waals surface area contributed by atoms with Crippen molar-refractivity contribution in [3.63, 3.8) is 0 Å². The van der Waals surface area contributed by atoms with Crippen molar-refractivity contribution >= 4 is 23.3 Å². The Morgan fingerprint density at radius 3 is 2.60 bits per heavy atom. The Balaban J connectivity index is 1.36. The molecule has 182 valence electrons. The van der Waals surface area contributed by atoms with Crippen molar-refractivity contribution in [3.8, 4) is 33.6 Å². The zero-order valence-corrected chi connectivity index (χ0v) is 20.4. The SMILES string of the molecule is COc1ccc(-c2nc(CN3C(=O)NC(C)(c4ccc5c(c4)OCCCO5)C3=O)cs2)cc1OC. The number of hydrogen-bond acceptors (Lipinski definition) is 8. The standard InChI is InChI=1S/C25H25N3O6S/c1-25(16-6-8-19-21(12-16)34-10-4-9-33-19)23(29)28(24(30)27-25)13-17-14-35-22(26-17)15-5-7-18(31-2)20(11-15)32-3/h5-8,11-12,14H,4,9-10,13H2,1-3H3,(H,27,30). The highest BCUT2D eigenvalue weighted by Crippen LogP contribution is 2.38. The predicted octanol–water partition coefficient (Wildman–Crippen LogP) is 3.96. The van der Waals surface area contributed by atoms with Crippen molar-refractivity contribution < 1.29 is 28.5 Å². The summed E-state index contributed by atoms with van der Waals surface area (Å²) in [6.07, 6.45) is 0.781. The summed E-state index contributed by atoms with van der Waals surface area (Å²) in [6, 6.07) is 10.4. The van der Waals surface area contributed by atoms with E-state index in [-0.39, 0.29) is 12.5 Å². The largest absolute Gasteiger partial charge is 0.493 e. The first-order valence-corrected chi connectivity index (χ1v) is 12.0. The molecule has 35 heavy (non-hydrogen) atoms. The van der Waals surface area contributed by atoms with Crippen LogP contribution in [0.5, 0.6) is 23.0 Å². The minimum atomic E-state index is -1.22. The van der Waals surface area contributed by atoms with Crippen LogP contribution < -0.4 is 24.3 Å². The third-order valence-electron chi connectivity index (χ3n) is 6.10. The summed E-state index contributed by atoms with van der Waals surface area (Å²) < 4.78 is 22.1. The monoisotopic (exact) mass is 495 g/mol. The van der Waals surface area contributed by atoms with Gasteiger partial charge in [0, 0.05) is 17.4 Å². The minimum Gasteiger partial charge on any atom is -0.493 e. The first-order chi connectivity index (χ1) is 16.9. The van der Waals surface area contributed by atoms with Crippen molar-refractivity contribution in [2.45, 2.75) is 25.4 Å². The van der Waals surface area contributed by atoms with Gasteiger partial charge in [0.25, 0.3) is 5.91 Å². The lowest BCUT2D eigenvalue weighted by Crippen LogP contribution is -2.40. The molecule has 1 unspecified atom stereocenters. The number of ether oxygens (including phenoxy) is 4. The van der Waals surface area contributed by atoms with Gasteiger partial charge in [0.2, 0.25) is 0 Å². The van der Waals surface area contributed by atoms with E-state index in [9.17, 15) is 9.59 Å². The van der Waals surface area contributed by atoms with Crippen molar-refractivity contribution in [1.82, 2.24) is 15.2 Å². The second-order valence-corrected chi connectivity index (χ2v) is 9.23. The van der Waals surface area contributed by atoms with Gasteiger partial charge in [-0.15, -0.1) is 11.3 Å². The van der Waals surface area contributed by atoms with Gasteiger partial charge in [-0.1, -0.05) is 6.07 Å². The van der Waals surface area contributed by atoms with Crippen LogP contribution in [0.3, 0.4) is 0 Å². The molecule has 1 fully saturated rings. The van der Waals surface area contributed by atoms with Crippen molar-refractivity contribution in [3.05, 3.63) is 53.0 Å². The number of benzene rings is 2. The Hall–Kier alpha value is -3.79. The van der Waals surface area contributed by atoms with E-state index in [0.29, 0.717) is 47.5 Å². The number of fused-ring (bicyclic) bond motifs is 1. The summed E-state index contributed by atoms with van der Waals surface area (Å²) in [5.41, 5.74) is 0.885. The van der Waals surface area contributed by atoms with Crippen LogP contribution in [0.1, 0.15) is 24.6 Å². The van der Waals surface area contributed by atoms with Gasteiger partial charge in [-0.2, -0.15) is 0 Å². The van der Waals surface area contributed by atoms with Gasteiger partial charge in [-0.3, -0.25) is 9.69 Å². The summed E-state index contributed by atoms with van der Waals surface area (Å²) in [6.45, 7) is 2.87. The molecular formula is C25H25N3O6S. The Morgan fingerprint density at radius 1 is 1.06 bits per heavy atom. The molecule has 1 saturated heterocycles. The maximum atomic E-state index is 13.4. The molecule has 0 radical (unpaired) electrons. The summed E-state index contributed by atoms with van der Waals surface area (Å²) in [7, 11) is 3.16. The highest BCUT2D eigenvalue weighted by Gasteiger charge is 2.49. The Morgan fingerprint density at radius 2 is 1.83 bits per heavy atom. The van der Waals surface area contributed by atoms with Gasteiger partial charge in [0.15, 0.2) is 23.0 Å². The van der Waals surface area contributed by atoms with E-state index in [0.717, 1.165) is 17.0 Å². The molecule has 10 heteroatoms. The maximum Gasteiger partial charge on any atom is 0.325 e. The molecule has 2 aliphatic heterocycles. The van der Waals surface area contributed by atoms with Crippen LogP contribution in [0.25, 0.3) is 10.6 Å². The van der Waals surface area contributed by atoms with Crippen LogP contribution in [-0.4, -0.2) is 49.3 Å². The summed E-state index contributed by atoms with van der Waals surface area (Å²) in [5, 5.41) is 5.43. The summed E-state index contributed by atoms with van der Waals surface area (Å²) in [5.74, 6) is 2.08. The first kappa shape index (κ1) is 23.0. The lowest BCUT2D eigenvalue weighted by atomic mass is 9.91. The van der Waals surface area contributed by atoms with Gasteiger partial charge in [-0.05, 0) is 42.8 Å². The van der Waals surface area contributed by atoms with E-state index in [1.54, 1.807) is 39.3 Å². The average molecular weight is 496 g/mol. The Kier molecular flexibility index (Phi) is 5.98. The van der Waals surface area contributed by atoms with Gasteiger partial charge in [0.1, 0.15) is 10.5 Å². The number of hydrogen-bond donors (Lipinski definition) is 1. The summed E-state index contributed by atoms with van der Waals surface area (Å²) >= 11 is 1.43. The molecule has 1 aromatic heterocycles. The molecule has 0 aliphatic carbocycles. The number of aromatic nitrogens is 1. The van der Waals surface area contributed by atoms with Crippen molar-refractivity contribution in [2.75, 3.05) is 27.4 Å². The fourth-order valence-corrected chi connectivity index (χ4v) is 4.96. The number of methoxy groups -OCH3 is 2. The zero-order chi connectivity index (χ0) is 24.6. The number of nitrogens with one attached hydrogen (secondary N) is 1. The first-order valence-electron chi connectivity index (χ1n) is 11.1. The highest BCUT2D eigenvalue weighted by molar-refractivity contribution is 7.13. The molecule has 0 spiro atoms. The number of rotatable bonds is 6. The fraction of sp³-hybridized carbons (Fsp3) is 0.320. The Bertz CT molecular complexity index is 1290. The molecule has 0 saturated carbocycles. The maximum absolute atomic E-state index is 13.4. The highest BCUT2D eigenvalue weighted by atomic mass is 32.1. The predicted molar refractivity (Wildman–Crippen MR) is 129 cm³/mol. The van der Waals surface area contributed by atoms with E-state index in [4.69, 9.17) is 18.9 Å². The van der Waals surface area contributed by atoms with E-state index >= 15 is 0 Å². The van der Waals surface area contributed by atoms with E-state index in [1.807, 2.05) is 23.6 Å². The van der Waals surface area contributed by atoms with Gasteiger partial charge in [-0.25, -0.2) is 9.78 Å². The quantitative estimate of drug-likeness (QED) is 0.517. The van der Waals surface area contributed by atoms with Crippen LogP contribution in [0.4, 0.5) is 4.79 Å². The van der Waals surface area contributed by atoms with Crippen LogP contribution in [0, 0.1) is 0 Å². The normalized spacial score (nSPS) is 19.3. The molecule has 9 nitrogen and oxygen atoms in total. The summed E-state index contributed by atoms with van der Waals surface area (Å²) in [4.78, 5) is 32.1. The third-order valence-corrected chi connectivity index (χ3v) is 7.04. The number of amides is 3. The molecular weight excluding hydrogens is 470 g/mol. The van der Waals surface area contributed by atoms with Crippen LogP contribution >= 0.6 is 11.3 Å². The van der Waals surface area contributed by atoms with Gasteiger partial charge in [0.05, 0.1) is 39.7 Å². The number of urea groups is 1. The molecule has 0 bridgehead atoms. The third kappa shape index (κ3) is 4.14. The van der Waals surface area contributed by atoms with Crippen molar-refractivity contribution in [1.29, 1.82) is 0 Å². The molecule has 2 aromatic carbocycles. The van der Waals surface area contributed by atoms with Crippen LogP contribution in [0.15, 0.2) is 41.8 Å². The molecule has 1 N–H and O–H groups in total. The van der Waals surface area contributed by atoms with Crippen molar-refractivity contribution in [2.24, 2.45) is 0 Å². The second kappa shape index (κ2) is 9.10. The second-order valence-electron chi connectivity index (χ2n) is 8.37. The number of carbonyl (C=O) groups excluding carboxylic acids is 2. The van der Waals surface area contributed by atoms with E-state index < -0.39 is 11.6 Å². The number of imide groups is 1. The molecule has 5 rings (SSSR count). The topological polar surface area (TPSA) is 99.2 Å².